The zero-order valence-corrected chi connectivity index (χ0v) is 16.3. The molecule has 0 aromatic heterocycles. The van der Waals surface area contributed by atoms with Crippen molar-refractivity contribution in [2.45, 2.75) is 39.5 Å². The fourth-order valence-corrected chi connectivity index (χ4v) is 2.98. The molecule has 4 nitrogen and oxygen atoms in total. The summed E-state index contributed by atoms with van der Waals surface area (Å²) in [4.78, 5) is 12.1. The van der Waals surface area contributed by atoms with Crippen LogP contribution in [-0.4, -0.2) is 26.1 Å². The third-order valence-electron chi connectivity index (χ3n) is 4.45. The van der Waals surface area contributed by atoms with Crippen molar-refractivity contribution in [3.8, 4) is 5.75 Å². The first-order chi connectivity index (χ1) is 12.5. The Morgan fingerprint density at radius 2 is 1.88 bits per heavy atom. The van der Waals surface area contributed by atoms with Gasteiger partial charge in [-0.05, 0) is 48.1 Å². The molecule has 0 heterocycles. The van der Waals surface area contributed by atoms with Gasteiger partial charge in [-0.3, -0.25) is 4.79 Å². The summed E-state index contributed by atoms with van der Waals surface area (Å²) in [7, 11) is 1.66. The van der Waals surface area contributed by atoms with Crippen LogP contribution in [0.2, 0.25) is 0 Å². The lowest BCUT2D eigenvalue weighted by Crippen LogP contribution is -2.27. The molecule has 2 aromatic rings. The van der Waals surface area contributed by atoms with Crippen LogP contribution in [-0.2, 0) is 11.2 Å². The highest BCUT2D eigenvalue weighted by Gasteiger charge is 2.09. The Balaban J connectivity index is 1.76. The molecule has 2 aromatic carbocycles. The van der Waals surface area contributed by atoms with Gasteiger partial charge >= 0.3 is 0 Å². The van der Waals surface area contributed by atoms with Crippen molar-refractivity contribution >= 4 is 11.6 Å². The molecule has 0 unspecified atom stereocenters. The van der Waals surface area contributed by atoms with Crippen LogP contribution in [0.5, 0.6) is 5.75 Å². The molecule has 0 spiro atoms. The number of nitrogens with one attached hydrogen (secondary N) is 2. The second-order valence-corrected chi connectivity index (χ2v) is 6.82. The van der Waals surface area contributed by atoms with Gasteiger partial charge in [-0.25, -0.2) is 0 Å². The van der Waals surface area contributed by atoms with Crippen LogP contribution in [0.15, 0.2) is 42.5 Å². The molecule has 0 aliphatic heterocycles. The fraction of sp³-hybridized carbons (Fsp3) is 0.409. The fourth-order valence-electron chi connectivity index (χ4n) is 2.98. The van der Waals surface area contributed by atoms with Gasteiger partial charge in [0.15, 0.2) is 0 Å². The lowest BCUT2D eigenvalue weighted by Gasteiger charge is -2.17. The van der Waals surface area contributed by atoms with Gasteiger partial charge in [0.2, 0.25) is 5.91 Å². The van der Waals surface area contributed by atoms with Crippen molar-refractivity contribution in [3.05, 3.63) is 59.2 Å². The Morgan fingerprint density at radius 3 is 2.62 bits per heavy atom. The van der Waals surface area contributed by atoms with E-state index in [9.17, 15) is 4.79 Å². The van der Waals surface area contributed by atoms with Gasteiger partial charge in [0.1, 0.15) is 5.75 Å². The molecule has 0 radical (unpaired) electrons. The predicted molar refractivity (Wildman–Crippen MR) is 108 cm³/mol. The molecule has 0 saturated carbocycles. The van der Waals surface area contributed by atoms with Crippen LogP contribution in [0, 0.1) is 6.92 Å². The summed E-state index contributed by atoms with van der Waals surface area (Å²) in [5.41, 5.74) is 4.83. The van der Waals surface area contributed by atoms with E-state index in [4.69, 9.17) is 4.74 Å². The SMILES string of the molecule is COc1cccc(CCNC(=O)CCNc2c(C)cccc2C(C)C)c1. The smallest absolute Gasteiger partial charge is 0.221 e. The third-order valence-corrected chi connectivity index (χ3v) is 4.45. The van der Waals surface area contributed by atoms with E-state index in [0.717, 1.165) is 23.4 Å². The molecule has 0 aliphatic rings. The maximum atomic E-state index is 12.1. The molecule has 2 N–H and O–H groups in total. The number of aryl methyl sites for hydroxylation is 1. The number of carbonyl (C=O) groups excluding carboxylic acids is 1. The highest BCUT2D eigenvalue weighted by molar-refractivity contribution is 5.76. The zero-order chi connectivity index (χ0) is 18.9. The summed E-state index contributed by atoms with van der Waals surface area (Å²) >= 11 is 0. The number of para-hydroxylation sites is 1. The molecule has 2 rings (SSSR count). The third kappa shape index (κ3) is 5.80. The average molecular weight is 354 g/mol. The number of methoxy groups -OCH3 is 1. The van der Waals surface area contributed by atoms with Gasteiger partial charge < -0.3 is 15.4 Å². The average Bonchev–Trinajstić information content (AvgIpc) is 2.63. The Morgan fingerprint density at radius 1 is 1.12 bits per heavy atom. The van der Waals surface area contributed by atoms with Crippen molar-refractivity contribution in [2.75, 3.05) is 25.5 Å². The van der Waals surface area contributed by atoms with Crippen molar-refractivity contribution in [3.63, 3.8) is 0 Å². The Kier molecular flexibility index (Phi) is 7.52. The van der Waals surface area contributed by atoms with E-state index in [1.165, 1.54) is 11.1 Å². The molecule has 26 heavy (non-hydrogen) atoms. The van der Waals surface area contributed by atoms with E-state index >= 15 is 0 Å². The predicted octanol–water partition coefficient (Wildman–Crippen LogP) is 4.29. The normalized spacial score (nSPS) is 10.7. The number of hydrogen-bond acceptors (Lipinski definition) is 3. The highest BCUT2D eigenvalue weighted by atomic mass is 16.5. The second kappa shape index (κ2) is 9.85. The lowest BCUT2D eigenvalue weighted by atomic mass is 9.98. The first kappa shape index (κ1) is 19.8. The maximum absolute atomic E-state index is 12.1. The number of rotatable bonds is 9. The number of benzene rings is 2. The summed E-state index contributed by atoms with van der Waals surface area (Å²) in [5, 5.41) is 6.43. The lowest BCUT2D eigenvalue weighted by molar-refractivity contribution is -0.120. The first-order valence-electron chi connectivity index (χ1n) is 9.24. The Labute approximate surface area is 157 Å². The van der Waals surface area contributed by atoms with Crippen LogP contribution in [0.4, 0.5) is 5.69 Å². The highest BCUT2D eigenvalue weighted by Crippen LogP contribution is 2.27. The molecule has 0 bridgehead atoms. The molecule has 0 fully saturated rings. The van der Waals surface area contributed by atoms with Gasteiger partial charge in [-0.15, -0.1) is 0 Å². The molecular formula is C22H30N2O2. The number of anilines is 1. The largest absolute Gasteiger partial charge is 0.497 e. The second-order valence-electron chi connectivity index (χ2n) is 6.82. The van der Waals surface area contributed by atoms with Crippen molar-refractivity contribution in [1.29, 1.82) is 0 Å². The van der Waals surface area contributed by atoms with E-state index in [1.807, 2.05) is 24.3 Å². The molecule has 0 saturated heterocycles. The Bertz CT molecular complexity index is 726. The number of hydrogen-bond donors (Lipinski definition) is 2. The molecule has 140 valence electrons. The standard InChI is InChI=1S/C22H30N2O2/c1-16(2)20-10-5-7-17(3)22(20)24-14-12-21(25)23-13-11-18-8-6-9-19(15-18)26-4/h5-10,15-16,24H,11-14H2,1-4H3,(H,23,25). The minimum atomic E-state index is 0.0695. The van der Waals surface area contributed by atoms with Crippen LogP contribution < -0.4 is 15.4 Å². The Hall–Kier alpha value is -2.49. The summed E-state index contributed by atoms with van der Waals surface area (Å²) in [6.07, 6.45) is 1.26. The van der Waals surface area contributed by atoms with E-state index in [2.05, 4.69) is 49.6 Å². The van der Waals surface area contributed by atoms with Crippen LogP contribution in [0.1, 0.15) is 42.9 Å². The number of amides is 1. The van der Waals surface area contributed by atoms with Crippen LogP contribution >= 0.6 is 0 Å². The monoisotopic (exact) mass is 354 g/mol. The van der Waals surface area contributed by atoms with Gasteiger partial charge in [0.25, 0.3) is 0 Å². The van der Waals surface area contributed by atoms with Gasteiger partial charge in [-0.2, -0.15) is 0 Å². The first-order valence-corrected chi connectivity index (χ1v) is 9.24. The van der Waals surface area contributed by atoms with Crippen LogP contribution in [0.3, 0.4) is 0 Å². The van der Waals surface area contributed by atoms with Gasteiger partial charge in [0.05, 0.1) is 7.11 Å². The summed E-state index contributed by atoms with van der Waals surface area (Å²) in [6, 6.07) is 14.3. The van der Waals surface area contributed by atoms with Crippen molar-refractivity contribution in [2.24, 2.45) is 0 Å². The van der Waals surface area contributed by atoms with Crippen LogP contribution in [0.25, 0.3) is 0 Å². The number of carbonyl (C=O) groups is 1. The van der Waals surface area contributed by atoms with E-state index < -0.39 is 0 Å². The minimum absolute atomic E-state index is 0.0695. The topological polar surface area (TPSA) is 50.4 Å². The van der Waals surface area contributed by atoms with Crippen molar-refractivity contribution < 1.29 is 9.53 Å². The van der Waals surface area contributed by atoms with Gasteiger partial charge in [-0.1, -0.05) is 44.2 Å². The molecular weight excluding hydrogens is 324 g/mol. The molecule has 0 aliphatic carbocycles. The summed E-state index contributed by atoms with van der Waals surface area (Å²) in [5.74, 6) is 1.37. The maximum Gasteiger partial charge on any atom is 0.221 e. The van der Waals surface area contributed by atoms with Gasteiger partial charge in [0, 0.05) is 25.2 Å². The molecule has 0 atom stereocenters. The number of ether oxygens (including phenoxy) is 1. The van der Waals surface area contributed by atoms with E-state index in [1.54, 1.807) is 7.11 Å². The van der Waals surface area contributed by atoms with Crippen molar-refractivity contribution in [1.82, 2.24) is 5.32 Å². The minimum Gasteiger partial charge on any atom is -0.497 e. The molecule has 4 heteroatoms. The zero-order valence-electron chi connectivity index (χ0n) is 16.3. The summed E-state index contributed by atoms with van der Waals surface area (Å²) < 4.78 is 5.22. The summed E-state index contributed by atoms with van der Waals surface area (Å²) in [6.45, 7) is 7.74. The quantitative estimate of drug-likeness (QED) is 0.706. The van der Waals surface area contributed by atoms with E-state index in [0.29, 0.717) is 25.4 Å². The molecule has 1 amide bonds. The van der Waals surface area contributed by atoms with E-state index in [-0.39, 0.29) is 5.91 Å².